The van der Waals surface area contributed by atoms with Gasteiger partial charge in [-0.05, 0) is 25.9 Å². The summed E-state index contributed by atoms with van der Waals surface area (Å²) in [5.41, 5.74) is 0. The molecular weight excluding hydrogens is 150 g/mol. The fraction of sp³-hybridized carbons (Fsp3) is 0.900. The minimum atomic E-state index is 0.684. The predicted molar refractivity (Wildman–Crippen MR) is 52.3 cm³/mol. The first-order chi connectivity index (χ1) is 5.85. The van der Waals surface area contributed by atoms with Gasteiger partial charge in [-0.25, -0.2) is 0 Å². The molecule has 0 aromatic heterocycles. The Kier molecular flexibility index (Phi) is 8.46. The molecule has 0 unspecified atom stereocenters. The fourth-order valence-corrected chi connectivity index (χ4v) is 1.27. The van der Waals surface area contributed by atoms with Crippen LogP contribution >= 0.6 is 0 Å². The van der Waals surface area contributed by atoms with Crippen LogP contribution in [0.15, 0.2) is 0 Å². The van der Waals surface area contributed by atoms with Gasteiger partial charge in [-0.3, -0.25) is 0 Å². The standard InChI is InChI=1S/C10H21NO/c1-3-5-8-11(7-4-2)9-6-10-12/h10H,3-9H2,1-2H3. The zero-order valence-electron chi connectivity index (χ0n) is 8.38. The van der Waals surface area contributed by atoms with E-state index in [0.717, 1.165) is 25.9 Å². The van der Waals surface area contributed by atoms with Crippen LogP contribution in [0.2, 0.25) is 0 Å². The van der Waals surface area contributed by atoms with E-state index in [2.05, 4.69) is 18.7 Å². The molecule has 0 bridgehead atoms. The predicted octanol–water partition coefficient (Wildman–Crippen LogP) is 2.09. The maximum atomic E-state index is 10.2. The van der Waals surface area contributed by atoms with Crippen LogP contribution < -0.4 is 0 Å². The molecule has 0 rings (SSSR count). The Bertz CT molecular complexity index is 104. The number of hydrogen-bond acceptors (Lipinski definition) is 2. The molecule has 2 heteroatoms. The first-order valence-electron chi connectivity index (χ1n) is 5.01. The Labute approximate surface area is 75.9 Å². The third-order valence-corrected chi connectivity index (χ3v) is 1.93. The van der Waals surface area contributed by atoms with Gasteiger partial charge in [0.2, 0.25) is 0 Å². The van der Waals surface area contributed by atoms with Gasteiger partial charge >= 0.3 is 0 Å². The van der Waals surface area contributed by atoms with Gasteiger partial charge in [-0.15, -0.1) is 0 Å². The van der Waals surface area contributed by atoms with Gasteiger partial charge in [-0.2, -0.15) is 0 Å². The molecule has 0 saturated carbocycles. The molecule has 0 N–H and O–H groups in total. The molecule has 0 fully saturated rings. The van der Waals surface area contributed by atoms with Gasteiger partial charge in [0.05, 0.1) is 0 Å². The molecule has 0 aliphatic carbocycles. The van der Waals surface area contributed by atoms with Crippen LogP contribution in [0.3, 0.4) is 0 Å². The van der Waals surface area contributed by atoms with Crippen molar-refractivity contribution < 1.29 is 4.79 Å². The monoisotopic (exact) mass is 171 g/mol. The molecule has 0 saturated heterocycles. The first-order valence-corrected chi connectivity index (χ1v) is 5.01. The van der Waals surface area contributed by atoms with Crippen LogP contribution in [0.4, 0.5) is 0 Å². The van der Waals surface area contributed by atoms with Crippen molar-refractivity contribution in [3.05, 3.63) is 0 Å². The highest BCUT2D eigenvalue weighted by Crippen LogP contribution is 1.97. The zero-order chi connectivity index (χ0) is 9.23. The van der Waals surface area contributed by atoms with Crippen molar-refractivity contribution in [3.63, 3.8) is 0 Å². The van der Waals surface area contributed by atoms with Crippen LogP contribution in [-0.2, 0) is 4.79 Å². The average Bonchev–Trinajstić information content (AvgIpc) is 2.10. The Morgan fingerprint density at radius 3 is 2.33 bits per heavy atom. The molecule has 0 heterocycles. The maximum Gasteiger partial charge on any atom is 0.121 e. The quantitative estimate of drug-likeness (QED) is 0.521. The molecule has 12 heavy (non-hydrogen) atoms. The van der Waals surface area contributed by atoms with Crippen molar-refractivity contribution in [3.8, 4) is 0 Å². The molecule has 0 spiro atoms. The van der Waals surface area contributed by atoms with Crippen LogP contribution in [-0.4, -0.2) is 30.8 Å². The van der Waals surface area contributed by atoms with Crippen molar-refractivity contribution >= 4 is 6.29 Å². The highest BCUT2D eigenvalue weighted by molar-refractivity contribution is 5.49. The average molecular weight is 171 g/mol. The highest BCUT2D eigenvalue weighted by atomic mass is 16.1. The molecule has 0 aromatic carbocycles. The largest absolute Gasteiger partial charge is 0.303 e. The molecule has 0 aromatic rings. The van der Waals surface area contributed by atoms with E-state index >= 15 is 0 Å². The molecule has 0 aliphatic heterocycles. The minimum absolute atomic E-state index is 0.684. The van der Waals surface area contributed by atoms with E-state index in [-0.39, 0.29) is 0 Å². The summed E-state index contributed by atoms with van der Waals surface area (Å²) in [5, 5.41) is 0. The Balaban J connectivity index is 3.46. The SMILES string of the molecule is CCCCN(CCC)CCC=O. The smallest absolute Gasteiger partial charge is 0.121 e. The van der Waals surface area contributed by atoms with E-state index in [1.54, 1.807) is 0 Å². The topological polar surface area (TPSA) is 20.3 Å². The van der Waals surface area contributed by atoms with Gasteiger partial charge in [-0.1, -0.05) is 20.3 Å². The summed E-state index contributed by atoms with van der Waals surface area (Å²) in [7, 11) is 0. The number of aldehydes is 1. The van der Waals surface area contributed by atoms with E-state index in [9.17, 15) is 4.79 Å². The van der Waals surface area contributed by atoms with Gasteiger partial charge < -0.3 is 9.69 Å². The van der Waals surface area contributed by atoms with E-state index in [1.807, 2.05) is 0 Å². The van der Waals surface area contributed by atoms with Gasteiger partial charge in [0.25, 0.3) is 0 Å². The lowest BCUT2D eigenvalue weighted by atomic mass is 10.3. The van der Waals surface area contributed by atoms with Crippen molar-refractivity contribution in [2.24, 2.45) is 0 Å². The molecule has 0 amide bonds. The lowest BCUT2D eigenvalue weighted by Gasteiger charge is -2.19. The van der Waals surface area contributed by atoms with E-state index in [0.29, 0.717) is 6.42 Å². The van der Waals surface area contributed by atoms with Crippen LogP contribution in [0, 0.1) is 0 Å². The summed E-state index contributed by atoms with van der Waals surface area (Å²) < 4.78 is 0. The van der Waals surface area contributed by atoms with Crippen molar-refractivity contribution in [1.29, 1.82) is 0 Å². The van der Waals surface area contributed by atoms with Gasteiger partial charge in [0.15, 0.2) is 0 Å². The molecule has 0 radical (unpaired) electrons. The number of nitrogens with zero attached hydrogens (tertiary/aromatic N) is 1. The minimum Gasteiger partial charge on any atom is -0.303 e. The molecule has 0 atom stereocenters. The van der Waals surface area contributed by atoms with Gasteiger partial charge in [0, 0.05) is 13.0 Å². The second-order valence-corrected chi connectivity index (χ2v) is 3.15. The number of rotatable bonds is 8. The number of carbonyl (C=O) groups excluding carboxylic acids is 1. The molecule has 72 valence electrons. The maximum absolute atomic E-state index is 10.2. The molecule has 2 nitrogen and oxygen atoms in total. The van der Waals surface area contributed by atoms with E-state index in [4.69, 9.17) is 0 Å². The Morgan fingerprint density at radius 2 is 1.83 bits per heavy atom. The lowest BCUT2D eigenvalue weighted by molar-refractivity contribution is -0.108. The summed E-state index contributed by atoms with van der Waals surface area (Å²) in [6.45, 7) is 7.60. The first kappa shape index (κ1) is 11.6. The summed E-state index contributed by atoms with van der Waals surface area (Å²) in [5.74, 6) is 0. The second kappa shape index (κ2) is 8.72. The van der Waals surface area contributed by atoms with E-state index in [1.165, 1.54) is 19.3 Å². The zero-order valence-corrected chi connectivity index (χ0v) is 8.38. The summed E-state index contributed by atoms with van der Waals surface area (Å²) in [6.07, 6.45) is 5.36. The molecular formula is C10H21NO. The number of hydrogen-bond donors (Lipinski definition) is 0. The van der Waals surface area contributed by atoms with Crippen LogP contribution in [0.1, 0.15) is 39.5 Å². The van der Waals surface area contributed by atoms with Gasteiger partial charge in [0.1, 0.15) is 6.29 Å². The van der Waals surface area contributed by atoms with E-state index < -0.39 is 0 Å². The summed E-state index contributed by atoms with van der Waals surface area (Å²) in [4.78, 5) is 12.5. The molecule has 0 aliphatic rings. The van der Waals surface area contributed by atoms with Crippen LogP contribution in [0.25, 0.3) is 0 Å². The Morgan fingerprint density at radius 1 is 1.08 bits per heavy atom. The van der Waals surface area contributed by atoms with Crippen LogP contribution in [0.5, 0.6) is 0 Å². The van der Waals surface area contributed by atoms with Crippen molar-refractivity contribution in [1.82, 2.24) is 4.90 Å². The number of carbonyl (C=O) groups is 1. The normalized spacial score (nSPS) is 10.6. The second-order valence-electron chi connectivity index (χ2n) is 3.15. The highest BCUT2D eigenvalue weighted by Gasteiger charge is 2.00. The fourth-order valence-electron chi connectivity index (χ4n) is 1.27. The number of unbranched alkanes of at least 4 members (excludes halogenated alkanes) is 1. The van der Waals surface area contributed by atoms with Crippen molar-refractivity contribution in [2.45, 2.75) is 39.5 Å². The lowest BCUT2D eigenvalue weighted by Crippen LogP contribution is -2.27. The third-order valence-electron chi connectivity index (χ3n) is 1.93. The summed E-state index contributed by atoms with van der Waals surface area (Å²) in [6, 6.07) is 0. The van der Waals surface area contributed by atoms with Crippen molar-refractivity contribution in [2.75, 3.05) is 19.6 Å². The third kappa shape index (κ3) is 6.35. The Hall–Kier alpha value is -0.370. The summed E-state index contributed by atoms with van der Waals surface area (Å²) >= 11 is 0.